The Morgan fingerprint density at radius 3 is 2.71 bits per heavy atom. The van der Waals surface area contributed by atoms with E-state index in [2.05, 4.69) is 9.98 Å². The van der Waals surface area contributed by atoms with Gasteiger partial charge in [-0.25, -0.2) is 14.8 Å². The molecule has 4 rings (SSSR count). The Morgan fingerprint density at radius 2 is 1.96 bits per heavy atom. The summed E-state index contributed by atoms with van der Waals surface area (Å²) in [5.74, 6) is 0.116. The van der Waals surface area contributed by atoms with Crippen molar-refractivity contribution in [2.45, 2.75) is 44.7 Å². The molecule has 0 amide bonds. The largest absolute Gasteiger partial charge is 0.461 e. The Balaban J connectivity index is 1.83. The van der Waals surface area contributed by atoms with Crippen molar-refractivity contribution in [2.24, 2.45) is 21.5 Å². The number of fused-ring (bicyclic) bond motifs is 1. The fraction of sp³-hybridized carbons (Fsp3) is 0.400. The van der Waals surface area contributed by atoms with Crippen LogP contribution >= 0.6 is 0 Å². The predicted octanol–water partition coefficient (Wildman–Crippen LogP) is 2.52. The van der Waals surface area contributed by atoms with Crippen molar-refractivity contribution >= 4 is 34.5 Å². The zero-order valence-corrected chi connectivity index (χ0v) is 15.9. The molecular weight excluding hydrogens is 356 g/mol. The number of anilines is 1. The number of aliphatic imine (C=N–C) groups is 2. The summed E-state index contributed by atoms with van der Waals surface area (Å²) in [5, 5.41) is 0.870. The maximum atomic E-state index is 12.0. The highest BCUT2D eigenvalue weighted by atomic mass is 16.5. The van der Waals surface area contributed by atoms with Crippen LogP contribution in [0.1, 0.15) is 49.5 Å². The third-order valence-electron chi connectivity index (χ3n) is 5.29. The van der Waals surface area contributed by atoms with E-state index in [4.69, 9.17) is 21.2 Å². The minimum absolute atomic E-state index is 0.221. The molecule has 8 heteroatoms. The van der Waals surface area contributed by atoms with Gasteiger partial charge in [0.25, 0.3) is 0 Å². The summed E-state index contributed by atoms with van der Waals surface area (Å²) >= 11 is 0. The summed E-state index contributed by atoms with van der Waals surface area (Å²) in [6, 6.07) is 9.28. The summed E-state index contributed by atoms with van der Waals surface area (Å²) < 4.78 is 5.06. The van der Waals surface area contributed by atoms with E-state index in [1.54, 1.807) is 13.0 Å². The molecule has 0 bridgehead atoms. The summed E-state index contributed by atoms with van der Waals surface area (Å²) in [6.45, 7) is 2.08. The number of ether oxygens (including phenoxy) is 1. The lowest BCUT2D eigenvalue weighted by Gasteiger charge is -2.45. The molecule has 1 fully saturated rings. The Hall–Kier alpha value is -3.16. The number of aromatic nitrogens is 1. The molecule has 2 heterocycles. The molecule has 1 aromatic carbocycles. The summed E-state index contributed by atoms with van der Waals surface area (Å²) in [7, 11) is 0. The molecule has 28 heavy (non-hydrogen) atoms. The van der Waals surface area contributed by atoms with Crippen molar-refractivity contribution in [1.82, 2.24) is 4.98 Å². The number of carbonyl (C=O) groups is 1. The SMILES string of the molecule is CCOC(=O)c1ccc2c(N3C(N)=NC(N)=NC34CCCCC4)cccc2n1. The van der Waals surface area contributed by atoms with Crippen LogP contribution in [0, 0.1) is 0 Å². The third kappa shape index (κ3) is 3.04. The molecule has 1 aliphatic carbocycles. The van der Waals surface area contributed by atoms with Crippen LogP contribution in [-0.4, -0.2) is 35.1 Å². The quantitative estimate of drug-likeness (QED) is 0.790. The first-order valence-corrected chi connectivity index (χ1v) is 9.61. The van der Waals surface area contributed by atoms with Gasteiger partial charge in [-0.2, -0.15) is 4.99 Å². The van der Waals surface area contributed by atoms with E-state index < -0.39 is 11.6 Å². The first-order chi connectivity index (χ1) is 13.5. The van der Waals surface area contributed by atoms with Crippen LogP contribution in [-0.2, 0) is 4.74 Å². The molecule has 1 aliphatic heterocycles. The average Bonchev–Trinajstić information content (AvgIpc) is 2.68. The lowest BCUT2D eigenvalue weighted by Crippen LogP contribution is -2.58. The monoisotopic (exact) mass is 380 g/mol. The number of hydrogen-bond acceptors (Lipinski definition) is 8. The summed E-state index contributed by atoms with van der Waals surface area (Å²) in [5.41, 5.74) is 13.6. The molecule has 4 N–H and O–H groups in total. The van der Waals surface area contributed by atoms with Gasteiger partial charge in [0.15, 0.2) is 0 Å². The van der Waals surface area contributed by atoms with E-state index in [-0.39, 0.29) is 11.7 Å². The second-order valence-corrected chi connectivity index (χ2v) is 7.08. The molecule has 0 unspecified atom stereocenters. The molecule has 2 aliphatic rings. The van der Waals surface area contributed by atoms with Crippen molar-refractivity contribution < 1.29 is 9.53 Å². The molecule has 0 saturated heterocycles. The van der Waals surface area contributed by atoms with E-state index in [9.17, 15) is 4.79 Å². The van der Waals surface area contributed by atoms with Crippen LogP contribution < -0.4 is 16.4 Å². The molecular formula is C20H24N6O2. The van der Waals surface area contributed by atoms with Crippen LogP contribution in [0.25, 0.3) is 10.9 Å². The van der Waals surface area contributed by atoms with Crippen LogP contribution in [0.15, 0.2) is 40.3 Å². The van der Waals surface area contributed by atoms with Gasteiger partial charge in [0, 0.05) is 5.39 Å². The van der Waals surface area contributed by atoms with E-state index in [0.717, 1.165) is 36.8 Å². The molecule has 2 aromatic rings. The van der Waals surface area contributed by atoms with Crippen LogP contribution in [0.5, 0.6) is 0 Å². The van der Waals surface area contributed by atoms with Gasteiger partial charge in [-0.15, -0.1) is 0 Å². The smallest absolute Gasteiger partial charge is 0.356 e. The second kappa shape index (κ2) is 7.10. The van der Waals surface area contributed by atoms with Gasteiger partial charge in [0.2, 0.25) is 11.9 Å². The van der Waals surface area contributed by atoms with E-state index in [1.165, 1.54) is 6.42 Å². The molecule has 1 spiro atoms. The van der Waals surface area contributed by atoms with E-state index in [1.807, 2.05) is 29.2 Å². The summed E-state index contributed by atoms with van der Waals surface area (Å²) in [6.07, 6.45) is 4.98. The number of nitrogens with zero attached hydrogens (tertiary/aromatic N) is 4. The van der Waals surface area contributed by atoms with Crippen LogP contribution in [0.4, 0.5) is 5.69 Å². The average molecular weight is 380 g/mol. The van der Waals surface area contributed by atoms with Gasteiger partial charge in [0.1, 0.15) is 11.4 Å². The Labute approximate surface area is 163 Å². The van der Waals surface area contributed by atoms with E-state index in [0.29, 0.717) is 18.1 Å². The number of rotatable bonds is 3. The second-order valence-electron chi connectivity index (χ2n) is 7.08. The molecule has 1 aromatic heterocycles. The maximum absolute atomic E-state index is 12.0. The minimum atomic E-state index is -0.526. The Bertz CT molecular complexity index is 978. The minimum Gasteiger partial charge on any atom is -0.461 e. The molecule has 8 nitrogen and oxygen atoms in total. The van der Waals surface area contributed by atoms with Crippen LogP contribution in [0.2, 0.25) is 0 Å². The number of nitrogens with two attached hydrogens (primary N) is 2. The third-order valence-corrected chi connectivity index (χ3v) is 5.29. The van der Waals surface area contributed by atoms with Crippen molar-refractivity contribution in [3.05, 3.63) is 36.0 Å². The number of benzene rings is 1. The topological polar surface area (TPSA) is 119 Å². The predicted molar refractivity (Wildman–Crippen MR) is 109 cm³/mol. The lowest BCUT2D eigenvalue weighted by atomic mass is 9.87. The van der Waals surface area contributed by atoms with Crippen molar-refractivity contribution in [3.8, 4) is 0 Å². The van der Waals surface area contributed by atoms with Gasteiger partial charge >= 0.3 is 5.97 Å². The highest BCUT2D eigenvalue weighted by Gasteiger charge is 2.43. The number of esters is 1. The van der Waals surface area contributed by atoms with Gasteiger partial charge in [-0.1, -0.05) is 12.5 Å². The normalized spacial score (nSPS) is 18.7. The lowest BCUT2D eigenvalue weighted by molar-refractivity contribution is 0.0520. The number of hydrogen-bond donors (Lipinski definition) is 2. The number of carbonyl (C=O) groups excluding carboxylic acids is 1. The van der Waals surface area contributed by atoms with Gasteiger partial charge in [0.05, 0.1) is 17.8 Å². The first-order valence-electron chi connectivity index (χ1n) is 9.61. The van der Waals surface area contributed by atoms with E-state index >= 15 is 0 Å². The zero-order chi connectivity index (χ0) is 19.7. The fourth-order valence-electron chi connectivity index (χ4n) is 4.12. The standard InChI is InChI=1S/C20H24N6O2/c1-2-28-17(27)15-10-9-13-14(23-15)7-6-8-16(13)26-19(22)24-18(21)25-20(26)11-4-3-5-12-20/h6-10H,2-5,11-12H2,1H3,(H4,21,22,24,25). The molecule has 1 saturated carbocycles. The van der Waals surface area contributed by atoms with Crippen molar-refractivity contribution in [3.63, 3.8) is 0 Å². The number of pyridine rings is 1. The first kappa shape index (κ1) is 18.2. The van der Waals surface area contributed by atoms with Crippen molar-refractivity contribution in [1.29, 1.82) is 0 Å². The fourth-order valence-corrected chi connectivity index (χ4v) is 4.12. The van der Waals surface area contributed by atoms with Gasteiger partial charge in [-0.3, -0.25) is 4.90 Å². The molecule has 146 valence electrons. The maximum Gasteiger partial charge on any atom is 0.356 e. The van der Waals surface area contributed by atoms with Crippen LogP contribution in [0.3, 0.4) is 0 Å². The zero-order valence-electron chi connectivity index (χ0n) is 15.9. The molecule has 0 radical (unpaired) electrons. The molecule has 0 atom stereocenters. The van der Waals surface area contributed by atoms with Gasteiger partial charge < -0.3 is 16.2 Å². The number of guanidine groups is 2. The Morgan fingerprint density at radius 1 is 1.18 bits per heavy atom. The highest BCUT2D eigenvalue weighted by molar-refractivity contribution is 6.10. The summed E-state index contributed by atoms with van der Waals surface area (Å²) in [4.78, 5) is 27.4. The highest BCUT2D eigenvalue weighted by Crippen LogP contribution is 2.41. The van der Waals surface area contributed by atoms with Gasteiger partial charge in [-0.05, 0) is 56.9 Å². The van der Waals surface area contributed by atoms with Crippen molar-refractivity contribution in [2.75, 3.05) is 11.5 Å². The Kier molecular flexibility index (Phi) is 4.62.